The minimum atomic E-state index is -0.0430. The number of thiazole rings is 1. The molecular formula is C13H19N3O3S. The van der Waals surface area contributed by atoms with Crippen LogP contribution in [0.4, 0.5) is 0 Å². The lowest BCUT2D eigenvalue weighted by Crippen LogP contribution is -2.37. The van der Waals surface area contributed by atoms with E-state index in [0.29, 0.717) is 26.1 Å². The zero-order valence-corrected chi connectivity index (χ0v) is 12.5. The molecule has 2 heterocycles. The first kappa shape index (κ1) is 15.0. The first-order valence-electron chi connectivity index (χ1n) is 6.45. The second kappa shape index (κ2) is 6.83. The molecule has 0 aliphatic carbocycles. The number of aliphatic hydroxyl groups is 1. The van der Waals surface area contributed by atoms with Crippen LogP contribution in [0.2, 0.25) is 0 Å². The van der Waals surface area contributed by atoms with Gasteiger partial charge in [0.2, 0.25) is 5.91 Å². The highest BCUT2D eigenvalue weighted by Crippen LogP contribution is 2.17. The maximum Gasteiger partial charge on any atom is 0.228 e. The maximum absolute atomic E-state index is 12.3. The Kier molecular flexibility index (Phi) is 5.11. The summed E-state index contributed by atoms with van der Waals surface area (Å²) in [6, 6.07) is 0. The van der Waals surface area contributed by atoms with Crippen molar-refractivity contribution in [1.82, 2.24) is 14.3 Å². The number of aliphatic hydroxyl groups excluding tert-OH is 1. The Bertz CT molecular complexity index is 578. The molecule has 0 spiro atoms. The van der Waals surface area contributed by atoms with Gasteiger partial charge in [-0.2, -0.15) is 0 Å². The van der Waals surface area contributed by atoms with Crippen LogP contribution < -0.4 is 0 Å². The fourth-order valence-electron chi connectivity index (χ4n) is 2.02. The molecule has 6 nitrogen and oxygen atoms in total. The van der Waals surface area contributed by atoms with Gasteiger partial charge in [0.25, 0.3) is 0 Å². The number of aromatic nitrogens is 2. The van der Waals surface area contributed by atoms with Gasteiger partial charge in [-0.1, -0.05) is 0 Å². The first-order chi connectivity index (χ1) is 9.65. The van der Waals surface area contributed by atoms with Crippen molar-refractivity contribution in [2.24, 2.45) is 0 Å². The van der Waals surface area contributed by atoms with Crippen molar-refractivity contribution in [2.75, 3.05) is 33.4 Å². The summed E-state index contributed by atoms with van der Waals surface area (Å²) in [5.41, 5.74) is 1.87. The van der Waals surface area contributed by atoms with Gasteiger partial charge in [-0.05, 0) is 6.92 Å². The van der Waals surface area contributed by atoms with Crippen molar-refractivity contribution in [3.05, 3.63) is 23.0 Å². The molecule has 110 valence electrons. The van der Waals surface area contributed by atoms with Crippen molar-refractivity contribution >= 4 is 22.2 Å². The average molecular weight is 297 g/mol. The van der Waals surface area contributed by atoms with Crippen LogP contribution >= 0.6 is 11.3 Å². The van der Waals surface area contributed by atoms with Crippen LogP contribution in [0.15, 0.2) is 11.6 Å². The number of carbonyl (C=O) groups excluding carboxylic acids is 1. The Morgan fingerprint density at radius 2 is 2.35 bits per heavy atom. The number of nitrogens with zero attached hydrogens (tertiary/aromatic N) is 3. The van der Waals surface area contributed by atoms with Gasteiger partial charge in [-0.25, -0.2) is 4.98 Å². The van der Waals surface area contributed by atoms with Gasteiger partial charge in [0, 0.05) is 37.5 Å². The van der Waals surface area contributed by atoms with Gasteiger partial charge in [0.05, 0.1) is 25.3 Å². The van der Waals surface area contributed by atoms with Gasteiger partial charge in [-0.3, -0.25) is 9.20 Å². The zero-order chi connectivity index (χ0) is 14.5. The fraction of sp³-hybridized carbons (Fsp3) is 0.538. The van der Waals surface area contributed by atoms with Crippen molar-refractivity contribution in [3.8, 4) is 0 Å². The molecule has 0 bridgehead atoms. The molecular weight excluding hydrogens is 278 g/mol. The number of amides is 1. The Labute approximate surface area is 121 Å². The number of aryl methyl sites for hydroxylation is 1. The van der Waals surface area contributed by atoms with Gasteiger partial charge in [0.15, 0.2) is 4.96 Å². The standard InChI is InChI=1S/C13H19N3O3S/c1-10-8-16-11(9-20-13(16)14-10)7-12(18)15(3-5-17)4-6-19-2/h8-9,17H,3-7H2,1-2H3. The second-order valence-corrected chi connectivity index (χ2v) is 5.37. The Hall–Kier alpha value is -1.44. The summed E-state index contributed by atoms with van der Waals surface area (Å²) in [4.78, 5) is 19.2. The molecule has 0 aliphatic heterocycles. The minimum absolute atomic E-state index is 0.0119. The molecule has 2 aromatic rings. The highest BCUT2D eigenvalue weighted by molar-refractivity contribution is 7.15. The van der Waals surface area contributed by atoms with E-state index >= 15 is 0 Å². The summed E-state index contributed by atoms with van der Waals surface area (Å²) < 4.78 is 6.94. The maximum atomic E-state index is 12.3. The smallest absolute Gasteiger partial charge is 0.228 e. The number of hydrogen-bond donors (Lipinski definition) is 1. The average Bonchev–Trinajstić information content (AvgIpc) is 2.95. The molecule has 0 aliphatic rings. The lowest BCUT2D eigenvalue weighted by atomic mass is 10.3. The topological polar surface area (TPSA) is 67.1 Å². The van der Waals surface area contributed by atoms with E-state index < -0.39 is 0 Å². The molecule has 1 amide bonds. The van der Waals surface area contributed by atoms with Crippen molar-refractivity contribution in [2.45, 2.75) is 13.3 Å². The highest BCUT2D eigenvalue weighted by Gasteiger charge is 2.16. The highest BCUT2D eigenvalue weighted by atomic mass is 32.1. The molecule has 0 radical (unpaired) electrons. The molecule has 7 heteroatoms. The first-order valence-corrected chi connectivity index (χ1v) is 7.33. The Morgan fingerprint density at radius 1 is 1.55 bits per heavy atom. The number of fused-ring (bicyclic) bond motifs is 1. The van der Waals surface area contributed by atoms with E-state index in [1.807, 2.05) is 22.9 Å². The van der Waals surface area contributed by atoms with E-state index in [-0.39, 0.29) is 12.5 Å². The lowest BCUT2D eigenvalue weighted by molar-refractivity contribution is -0.131. The van der Waals surface area contributed by atoms with Crippen molar-refractivity contribution in [1.29, 1.82) is 0 Å². The van der Waals surface area contributed by atoms with Crippen LogP contribution in [-0.4, -0.2) is 58.7 Å². The molecule has 0 unspecified atom stereocenters. The summed E-state index contributed by atoms with van der Waals surface area (Å²) in [6.45, 7) is 3.18. The summed E-state index contributed by atoms with van der Waals surface area (Å²) in [7, 11) is 1.60. The normalized spacial score (nSPS) is 11.2. The van der Waals surface area contributed by atoms with Crippen LogP contribution in [0.1, 0.15) is 11.4 Å². The van der Waals surface area contributed by atoms with E-state index in [2.05, 4.69) is 4.98 Å². The van der Waals surface area contributed by atoms with Gasteiger partial charge in [-0.15, -0.1) is 11.3 Å². The molecule has 0 fully saturated rings. The molecule has 0 aromatic carbocycles. The third-order valence-electron chi connectivity index (χ3n) is 3.02. The predicted octanol–water partition coefficient (Wildman–Crippen LogP) is 0.714. The molecule has 0 saturated heterocycles. The van der Waals surface area contributed by atoms with E-state index in [1.54, 1.807) is 12.0 Å². The predicted molar refractivity (Wildman–Crippen MR) is 77.1 cm³/mol. The third-order valence-corrected chi connectivity index (χ3v) is 3.91. The van der Waals surface area contributed by atoms with Crippen LogP contribution in [-0.2, 0) is 16.0 Å². The zero-order valence-electron chi connectivity index (χ0n) is 11.7. The Balaban J connectivity index is 2.08. The van der Waals surface area contributed by atoms with E-state index in [0.717, 1.165) is 16.3 Å². The fourth-order valence-corrected chi connectivity index (χ4v) is 2.94. The van der Waals surface area contributed by atoms with Gasteiger partial charge >= 0.3 is 0 Å². The van der Waals surface area contributed by atoms with Crippen LogP contribution in [0.3, 0.4) is 0 Å². The number of carbonyl (C=O) groups is 1. The number of rotatable bonds is 7. The molecule has 2 rings (SSSR count). The number of methoxy groups -OCH3 is 1. The molecule has 20 heavy (non-hydrogen) atoms. The SMILES string of the molecule is COCCN(CCO)C(=O)Cc1csc2nc(C)cn12. The molecule has 0 saturated carbocycles. The molecule has 2 aromatic heterocycles. The summed E-state index contributed by atoms with van der Waals surface area (Å²) in [5.74, 6) is -0.0119. The summed E-state index contributed by atoms with van der Waals surface area (Å²) in [6.07, 6.45) is 2.24. The van der Waals surface area contributed by atoms with Crippen molar-refractivity contribution in [3.63, 3.8) is 0 Å². The largest absolute Gasteiger partial charge is 0.395 e. The van der Waals surface area contributed by atoms with E-state index in [4.69, 9.17) is 9.84 Å². The lowest BCUT2D eigenvalue weighted by Gasteiger charge is -2.21. The van der Waals surface area contributed by atoms with E-state index in [1.165, 1.54) is 11.3 Å². The quantitative estimate of drug-likeness (QED) is 0.817. The number of hydrogen-bond acceptors (Lipinski definition) is 5. The van der Waals surface area contributed by atoms with Crippen LogP contribution in [0.5, 0.6) is 0 Å². The second-order valence-electron chi connectivity index (χ2n) is 4.54. The van der Waals surface area contributed by atoms with Gasteiger partial charge < -0.3 is 14.7 Å². The molecule has 1 N–H and O–H groups in total. The molecule has 0 atom stereocenters. The minimum Gasteiger partial charge on any atom is -0.395 e. The Morgan fingerprint density at radius 3 is 3.05 bits per heavy atom. The van der Waals surface area contributed by atoms with E-state index in [9.17, 15) is 4.79 Å². The summed E-state index contributed by atoms with van der Waals surface area (Å²) in [5, 5.41) is 11.0. The third kappa shape index (κ3) is 3.36. The monoisotopic (exact) mass is 297 g/mol. The number of imidazole rings is 1. The van der Waals surface area contributed by atoms with Crippen LogP contribution in [0, 0.1) is 6.92 Å². The number of ether oxygens (including phenoxy) is 1. The van der Waals surface area contributed by atoms with Crippen LogP contribution in [0.25, 0.3) is 4.96 Å². The summed E-state index contributed by atoms with van der Waals surface area (Å²) >= 11 is 1.53. The van der Waals surface area contributed by atoms with Gasteiger partial charge in [0.1, 0.15) is 0 Å². The van der Waals surface area contributed by atoms with Crippen molar-refractivity contribution < 1.29 is 14.6 Å².